The van der Waals surface area contributed by atoms with Crippen LogP contribution in [0.5, 0.6) is 0 Å². The lowest BCUT2D eigenvalue weighted by Gasteiger charge is -2.35. The molecule has 0 aliphatic carbocycles. The molecule has 2 saturated heterocycles. The maximum Gasteiger partial charge on any atom is 0.313 e. The standard InChI is InChI=1S/C35H48N4O7/c1-4-37(5-2)25-15-17-26(18-16-25)38-21-12-19-35-30(32(42)39(31(35)33(38)43)20-10-6-7-11-22-40)29-27(46-35)13-8-9-14-28(41)36-23-24(3)45-34(29)44/h8,12-13,15-19,24,27,29-31,40H,4-7,9-11,14,20-23H2,1-3H3,(H,36,41)/b13-8-/t24-,27-,29+,30+,31-,35+/m1/s1. The van der Waals surface area contributed by atoms with E-state index >= 15 is 0 Å². The fourth-order valence-electron chi connectivity index (χ4n) is 7.31. The first kappa shape index (κ1) is 33.7. The summed E-state index contributed by atoms with van der Waals surface area (Å²) in [5.74, 6) is -3.18. The van der Waals surface area contributed by atoms with E-state index in [1.165, 1.54) is 0 Å². The van der Waals surface area contributed by atoms with Gasteiger partial charge in [0, 0.05) is 50.6 Å². The lowest BCUT2D eigenvalue weighted by molar-refractivity contribution is -0.158. The van der Waals surface area contributed by atoms with Gasteiger partial charge in [-0.05, 0) is 64.3 Å². The van der Waals surface area contributed by atoms with E-state index in [1.807, 2.05) is 36.4 Å². The third-order valence-electron chi connectivity index (χ3n) is 9.63. The number of ether oxygens (including phenoxy) is 2. The van der Waals surface area contributed by atoms with Crippen molar-refractivity contribution < 1.29 is 33.8 Å². The van der Waals surface area contributed by atoms with Crippen molar-refractivity contribution in [3.05, 3.63) is 48.6 Å². The van der Waals surface area contributed by atoms with E-state index in [1.54, 1.807) is 28.9 Å². The van der Waals surface area contributed by atoms with E-state index < -0.39 is 41.7 Å². The highest BCUT2D eigenvalue weighted by molar-refractivity contribution is 6.05. The summed E-state index contributed by atoms with van der Waals surface area (Å²) in [4.78, 5) is 60.7. The molecule has 1 spiro atoms. The Balaban J connectivity index is 1.52. The number of cyclic esters (lactones) is 1. The highest BCUT2D eigenvalue weighted by atomic mass is 16.6. The Morgan fingerprint density at radius 3 is 2.46 bits per heavy atom. The van der Waals surface area contributed by atoms with Gasteiger partial charge in [0.2, 0.25) is 11.8 Å². The SMILES string of the molecule is CCN(CC)c1ccc(N2CC=C[C@]34O[C@@H]5/C=C\CCC(=O)NC[C@@H](C)OC(=O)[C@@H]5[C@H]3C(=O)N(CCCCCCO)[C@@H]4C2=O)cc1. The average molecular weight is 637 g/mol. The van der Waals surface area contributed by atoms with Gasteiger partial charge >= 0.3 is 5.97 Å². The number of carbonyl (C=O) groups excluding carboxylic acids is 4. The molecule has 0 aromatic heterocycles. The maximum absolute atomic E-state index is 14.7. The molecule has 0 bridgehead atoms. The summed E-state index contributed by atoms with van der Waals surface area (Å²) < 4.78 is 12.5. The Morgan fingerprint density at radius 2 is 1.74 bits per heavy atom. The summed E-state index contributed by atoms with van der Waals surface area (Å²) in [6, 6.07) is 6.91. The molecule has 250 valence electrons. The zero-order valence-corrected chi connectivity index (χ0v) is 27.2. The summed E-state index contributed by atoms with van der Waals surface area (Å²) in [6.45, 7) is 8.53. The van der Waals surface area contributed by atoms with E-state index in [-0.39, 0.29) is 43.8 Å². The normalized spacial score (nSPS) is 30.4. The van der Waals surface area contributed by atoms with Gasteiger partial charge in [-0.2, -0.15) is 0 Å². The molecule has 4 aliphatic heterocycles. The number of aliphatic hydroxyl groups is 1. The minimum absolute atomic E-state index is 0.108. The second kappa shape index (κ2) is 14.8. The molecule has 2 N–H and O–H groups in total. The van der Waals surface area contributed by atoms with Gasteiger partial charge in [0.05, 0.1) is 18.6 Å². The van der Waals surface area contributed by atoms with Crippen LogP contribution in [0.15, 0.2) is 48.6 Å². The Kier molecular flexibility index (Phi) is 10.8. The Morgan fingerprint density at radius 1 is 1.00 bits per heavy atom. The van der Waals surface area contributed by atoms with Crippen molar-refractivity contribution in [2.24, 2.45) is 11.8 Å². The molecule has 4 aliphatic rings. The van der Waals surface area contributed by atoms with Crippen LogP contribution >= 0.6 is 0 Å². The number of benzene rings is 1. The number of nitrogens with zero attached hydrogens (tertiary/aromatic N) is 3. The topological polar surface area (TPSA) is 129 Å². The number of hydrogen-bond acceptors (Lipinski definition) is 8. The summed E-state index contributed by atoms with van der Waals surface area (Å²) in [5.41, 5.74) is 0.413. The van der Waals surface area contributed by atoms with E-state index in [4.69, 9.17) is 9.47 Å². The van der Waals surface area contributed by atoms with Gasteiger partial charge in [0.25, 0.3) is 5.91 Å². The highest BCUT2D eigenvalue weighted by Crippen LogP contribution is 2.53. The lowest BCUT2D eigenvalue weighted by atomic mass is 9.78. The molecule has 0 saturated carbocycles. The van der Waals surface area contributed by atoms with Crippen molar-refractivity contribution in [1.82, 2.24) is 10.2 Å². The number of likely N-dealkylation sites (tertiary alicyclic amines) is 1. The molecule has 11 heteroatoms. The molecule has 4 heterocycles. The zero-order valence-electron chi connectivity index (χ0n) is 27.2. The molecule has 46 heavy (non-hydrogen) atoms. The average Bonchev–Trinajstić information content (AvgIpc) is 3.43. The van der Waals surface area contributed by atoms with Crippen molar-refractivity contribution in [2.75, 3.05) is 49.1 Å². The first-order valence-electron chi connectivity index (χ1n) is 16.8. The lowest BCUT2D eigenvalue weighted by Crippen LogP contribution is -2.55. The van der Waals surface area contributed by atoms with Crippen molar-refractivity contribution in [3.63, 3.8) is 0 Å². The predicted molar refractivity (Wildman–Crippen MR) is 174 cm³/mol. The predicted octanol–water partition coefficient (Wildman–Crippen LogP) is 2.97. The van der Waals surface area contributed by atoms with Crippen LogP contribution in [0.3, 0.4) is 0 Å². The van der Waals surface area contributed by atoms with Crippen LogP contribution in [0.2, 0.25) is 0 Å². The number of aliphatic hydroxyl groups excluding tert-OH is 1. The Hall–Kier alpha value is -3.70. The number of fused-ring (bicyclic) bond motifs is 2. The molecular weight excluding hydrogens is 588 g/mol. The van der Waals surface area contributed by atoms with Crippen LogP contribution in [0.1, 0.15) is 59.3 Å². The van der Waals surface area contributed by atoms with Gasteiger partial charge < -0.3 is 34.6 Å². The fraction of sp³-hybridized carbons (Fsp3) is 0.600. The number of anilines is 2. The second-order valence-corrected chi connectivity index (χ2v) is 12.6. The zero-order chi connectivity index (χ0) is 32.8. The highest BCUT2D eigenvalue weighted by Gasteiger charge is 2.71. The largest absolute Gasteiger partial charge is 0.460 e. The number of esters is 1. The first-order chi connectivity index (χ1) is 22.2. The monoisotopic (exact) mass is 636 g/mol. The minimum Gasteiger partial charge on any atom is -0.460 e. The number of nitrogens with one attached hydrogen (secondary N) is 1. The van der Waals surface area contributed by atoms with Gasteiger partial charge in [-0.15, -0.1) is 0 Å². The van der Waals surface area contributed by atoms with Crippen LogP contribution < -0.4 is 15.1 Å². The van der Waals surface area contributed by atoms with E-state index in [0.29, 0.717) is 25.8 Å². The summed E-state index contributed by atoms with van der Waals surface area (Å²) in [7, 11) is 0. The molecule has 1 aromatic carbocycles. The third kappa shape index (κ3) is 6.57. The van der Waals surface area contributed by atoms with Crippen molar-refractivity contribution >= 4 is 35.1 Å². The minimum atomic E-state index is -1.37. The van der Waals surface area contributed by atoms with Crippen molar-refractivity contribution in [3.8, 4) is 0 Å². The molecule has 6 atom stereocenters. The summed E-state index contributed by atoms with van der Waals surface area (Å²) >= 11 is 0. The van der Waals surface area contributed by atoms with Gasteiger partial charge in [-0.25, -0.2) is 0 Å². The fourth-order valence-corrected chi connectivity index (χ4v) is 7.31. The first-order valence-corrected chi connectivity index (χ1v) is 16.8. The number of amides is 3. The molecule has 11 nitrogen and oxygen atoms in total. The molecule has 5 rings (SSSR count). The number of allylic oxidation sites excluding steroid dienone is 1. The second-order valence-electron chi connectivity index (χ2n) is 12.6. The van der Waals surface area contributed by atoms with Crippen molar-refractivity contribution in [1.29, 1.82) is 0 Å². The van der Waals surface area contributed by atoms with Crippen LogP contribution in [-0.4, -0.2) is 96.9 Å². The number of unbranched alkanes of at least 4 members (excludes halogenated alkanes) is 3. The Bertz CT molecular complexity index is 1330. The van der Waals surface area contributed by atoms with Gasteiger partial charge in [0.15, 0.2) is 0 Å². The van der Waals surface area contributed by atoms with Crippen LogP contribution in [-0.2, 0) is 28.7 Å². The summed E-state index contributed by atoms with van der Waals surface area (Å²) in [6.07, 6.45) is 9.48. The van der Waals surface area contributed by atoms with Gasteiger partial charge in [-0.3, -0.25) is 19.2 Å². The van der Waals surface area contributed by atoms with Crippen LogP contribution in [0, 0.1) is 11.8 Å². The number of hydrogen-bond donors (Lipinski definition) is 2. The van der Waals surface area contributed by atoms with Crippen molar-refractivity contribution in [2.45, 2.75) is 83.1 Å². The summed E-state index contributed by atoms with van der Waals surface area (Å²) in [5, 5.41) is 12.0. The third-order valence-corrected chi connectivity index (χ3v) is 9.63. The van der Waals surface area contributed by atoms with Crippen LogP contribution in [0.25, 0.3) is 0 Å². The van der Waals surface area contributed by atoms with E-state index in [0.717, 1.165) is 37.3 Å². The molecule has 2 fully saturated rings. The molecule has 0 radical (unpaired) electrons. The molecule has 1 aromatic rings. The molecule has 0 unspecified atom stereocenters. The smallest absolute Gasteiger partial charge is 0.313 e. The van der Waals surface area contributed by atoms with Crippen LogP contribution in [0.4, 0.5) is 11.4 Å². The molecule has 3 amide bonds. The van der Waals surface area contributed by atoms with Gasteiger partial charge in [0.1, 0.15) is 23.7 Å². The number of carbonyl (C=O) groups is 4. The van der Waals surface area contributed by atoms with E-state index in [9.17, 15) is 24.3 Å². The quantitative estimate of drug-likeness (QED) is 0.228. The molecular formula is C35H48N4O7. The van der Waals surface area contributed by atoms with E-state index in [2.05, 4.69) is 24.1 Å². The Labute approximate surface area is 271 Å². The maximum atomic E-state index is 14.7. The van der Waals surface area contributed by atoms with Gasteiger partial charge in [-0.1, -0.05) is 37.1 Å². The number of rotatable bonds is 10.